The number of hydrogen-bond donors (Lipinski definition) is 1. The minimum atomic E-state index is -0.0701. The molecule has 1 aromatic carbocycles. The summed E-state index contributed by atoms with van der Waals surface area (Å²) in [6.45, 7) is 5.75. The lowest BCUT2D eigenvalue weighted by atomic mass is 10.2. The number of nitrogens with zero attached hydrogens (tertiary/aromatic N) is 4. The molecular weight excluding hydrogens is 402 g/mol. The molecule has 1 fully saturated rings. The number of hydrogen-bond acceptors (Lipinski definition) is 8. The van der Waals surface area contributed by atoms with Gasteiger partial charge in [-0.05, 0) is 43.4 Å². The van der Waals surface area contributed by atoms with E-state index >= 15 is 0 Å². The fourth-order valence-corrected chi connectivity index (χ4v) is 4.09. The fourth-order valence-electron chi connectivity index (χ4n) is 3.24. The van der Waals surface area contributed by atoms with Crippen molar-refractivity contribution in [2.24, 2.45) is 0 Å². The first kappa shape index (κ1) is 20.5. The zero-order chi connectivity index (χ0) is 20.9. The lowest BCUT2D eigenvalue weighted by molar-refractivity contribution is 0.0945. The molecule has 0 unspecified atom stereocenters. The maximum absolute atomic E-state index is 12.5. The van der Waals surface area contributed by atoms with Crippen molar-refractivity contribution < 1.29 is 14.1 Å². The van der Waals surface area contributed by atoms with Crippen LogP contribution in [0.15, 0.2) is 40.9 Å². The highest BCUT2D eigenvalue weighted by atomic mass is 32.1. The molecule has 3 heterocycles. The molecule has 3 aromatic rings. The number of likely N-dealkylation sites (N-methyl/N-ethyl adjacent to an activating group) is 1. The molecule has 0 atom stereocenters. The van der Waals surface area contributed by atoms with Crippen molar-refractivity contribution in [3.05, 3.63) is 41.3 Å². The lowest BCUT2D eigenvalue weighted by Gasteiger charge is -2.32. The number of amides is 1. The van der Waals surface area contributed by atoms with Crippen LogP contribution in [-0.4, -0.2) is 79.3 Å². The van der Waals surface area contributed by atoms with Crippen LogP contribution in [0.3, 0.4) is 0 Å². The molecule has 1 aliphatic rings. The maximum Gasteiger partial charge on any atom is 0.261 e. The number of rotatable bonds is 7. The summed E-state index contributed by atoms with van der Waals surface area (Å²) in [6.07, 6.45) is 0. The molecule has 158 valence electrons. The molecule has 4 rings (SSSR count). The van der Waals surface area contributed by atoms with Crippen LogP contribution in [-0.2, 0) is 0 Å². The van der Waals surface area contributed by atoms with Gasteiger partial charge in [-0.25, -0.2) is 0 Å². The van der Waals surface area contributed by atoms with Gasteiger partial charge in [0, 0.05) is 44.8 Å². The van der Waals surface area contributed by atoms with E-state index in [2.05, 4.69) is 32.3 Å². The third-order valence-corrected chi connectivity index (χ3v) is 6.20. The van der Waals surface area contributed by atoms with E-state index in [0.717, 1.165) is 48.9 Å². The van der Waals surface area contributed by atoms with Gasteiger partial charge in [0.1, 0.15) is 5.75 Å². The van der Waals surface area contributed by atoms with Crippen molar-refractivity contribution in [2.75, 3.05) is 53.4 Å². The Morgan fingerprint density at radius 3 is 2.67 bits per heavy atom. The van der Waals surface area contributed by atoms with Gasteiger partial charge in [-0.1, -0.05) is 5.16 Å². The van der Waals surface area contributed by atoms with Crippen molar-refractivity contribution in [1.29, 1.82) is 0 Å². The Bertz CT molecular complexity index is 977. The molecule has 8 nitrogen and oxygen atoms in total. The van der Waals surface area contributed by atoms with Gasteiger partial charge in [0.15, 0.2) is 0 Å². The predicted octanol–water partition coefficient (Wildman–Crippen LogP) is 2.45. The predicted molar refractivity (Wildman–Crippen MR) is 116 cm³/mol. The number of aromatic nitrogens is 2. The van der Waals surface area contributed by atoms with Crippen molar-refractivity contribution in [3.63, 3.8) is 0 Å². The average Bonchev–Trinajstić information content (AvgIpc) is 3.45. The Labute approximate surface area is 179 Å². The highest BCUT2D eigenvalue weighted by molar-refractivity contribution is 7.17. The van der Waals surface area contributed by atoms with E-state index in [1.165, 1.54) is 11.3 Å². The molecule has 1 N–H and O–H groups in total. The van der Waals surface area contributed by atoms with E-state index < -0.39 is 0 Å². The van der Waals surface area contributed by atoms with Crippen molar-refractivity contribution in [1.82, 2.24) is 25.3 Å². The first-order chi connectivity index (χ1) is 14.6. The van der Waals surface area contributed by atoms with Gasteiger partial charge in [0.05, 0.1) is 16.9 Å². The minimum absolute atomic E-state index is 0.0701. The molecule has 0 aliphatic carbocycles. The van der Waals surface area contributed by atoms with E-state index in [0.29, 0.717) is 23.1 Å². The number of nitrogens with one attached hydrogen (secondary N) is 1. The molecule has 30 heavy (non-hydrogen) atoms. The first-order valence-corrected chi connectivity index (χ1v) is 10.7. The third-order valence-electron chi connectivity index (χ3n) is 5.12. The summed E-state index contributed by atoms with van der Waals surface area (Å²) < 4.78 is 10.5. The number of piperazine rings is 1. The first-order valence-electron chi connectivity index (χ1n) is 9.90. The molecule has 1 saturated heterocycles. The summed E-state index contributed by atoms with van der Waals surface area (Å²) in [4.78, 5) is 23.1. The molecule has 2 aromatic heterocycles. The van der Waals surface area contributed by atoms with Gasteiger partial charge in [-0.15, -0.1) is 11.3 Å². The SMILES string of the molecule is COc1ccc(-c2nc(-c3ccc(C(=O)NCCN4CCN(C)CC4)s3)no2)cc1. The van der Waals surface area contributed by atoms with Gasteiger partial charge >= 0.3 is 0 Å². The van der Waals surface area contributed by atoms with E-state index in [1.807, 2.05) is 30.3 Å². The van der Waals surface area contributed by atoms with Crippen LogP contribution >= 0.6 is 11.3 Å². The number of thiophene rings is 1. The number of ether oxygens (including phenoxy) is 1. The minimum Gasteiger partial charge on any atom is -0.497 e. The van der Waals surface area contributed by atoms with Gasteiger partial charge in [0.2, 0.25) is 5.82 Å². The average molecular weight is 428 g/mol. The lowest BCUT2D eigenvalue weighted by Crippen LogP contribution is -2.46. The largest absolute Gasteiger partial charge is 0.497 e. The standard InChI is InChI=1S/C21H25N5O3S/c1-25-11-13-26(14-12-25)10-9-22-20(27)18-8-7-17(30-18)19-23-21(29-24-19)15-3-5-16(28-2)6-4-15/h3-8H,9-14H2,1-2H3,(H,22,27). The second-order valence-electron chi connectivity index (χ2n) is 7.22. The van der Waals surface area contributed by atoms with Crippen molar-refractivity contribution in [2.45, 2.75) is 0 Å². The van der Waals surface area contributed by atoms with Crippen LogP contribution < -0.4 is 10.1 Å². The van der Waals surface area contributed by atoms with Gasteiger partial charge in [-0.2, -0.15) is 4.98 Å². The molecule has 9 heteroatoms. The Kier molecular flexibility index (Phi) is 6.41. The summed E-state index contributed by atoms with van der Waals surface area (Å²) in [7, 11) is 3.76. The van der Waals surface area contributed by atoms with E-state index in [-0.39, 0.29) is 5.91 Å². The highest BCUT2D eigenvalue weighted by Gasteiger charge is 2.17. The second-order valence-corrected chi connectivity index (χ2v) is 8.30. The zero-order valence-corrected chi connectivity index (χ0v) is 17.9. The summed E-state index contributed by atoms with van der Waals surface area (Å²) in [5.74, 6) is 1.60. The number of benzene rings is 1. The number of carbonyl (C=O) groups is 1. The molecule has 1 aliphatic heterocycles. The number of methoxy groups -OCH3 is 1. The van der Waals surface area contributed by atoms with E-state index in [4.69, 9.17) is 9.26 Å². The second kappa shape index (κ2) is 9.38. The van der Waals surface area contributed by atoms with Crippen LogP contribution in [0.5, 0.6) is 5.75 Å². The third kappa shape index (κ3) is 4.86. The molecule has 0 spiro atoms. The summed E-state index contributed by atoms with van der Waals surface area (Å²) in [5.41, 5.74) is 0.813. The molecule has 1 amide bonds. The molecule has 0 saturated carbocycles. The normalized spacial score (nSPS) is 15.3. The highest BCUT2D eigenvalue weighted by Crippen LogP contribution is 2.28. The Morgan fingerprint density at radius 1 is 1.17 bits per heavy atom. The zero-order valence-electron chi connectivity index (χ0n) is 17.1. The molecule has 0 bridgehead atoms. The van der Waals surface area contributed by atoms with Crippen LogP contribution in [0.2, 0.25) is 0 Å². The number of carbonyl (C=O) groups excluding carboxylic acids is 1. The summed E-state index contributed by atoms with van der Waals surface area (Å²) in [5, 5.41) is 7.06. The van der Waals surface area contributed by atoms with Gasteiger partial charge < -0.3 is 19.5 Å². The van der Waals surface area contributed by atoms with Crippen LogP contribution in [0.1, 0.15) is 9.67 Å². The topological polar surface area (TPSA) is 83.7 Å². The van der Waals surface area contributed by atoms with Crippen molar-refractivity contribution >= 4 is 17.2 Å². The van der Waals surface area contributed by atoms with E-state index in [9.17, 15) is 4.79 Å². The molecule has 0 radical (unpaired) electrons. The summed E-state index contributed by atoms with van der Waals surface area (Å²) >= 11 is 1.36. The summed E-state index contributed by atoms with van der Waals surface area (Å²) in [6, 6.07) is 11.1. The maximum atomic E-state index is 12.5. The van der Waals surface area contributed by atoms with Gasteiger partial charge in [-0.3, -0.25) is 9.69 Å². The smallest absolute Gasteiger partial charge is 0.261 e. The fraction of sp³-hybridized carbons (Fsp3) is 0.381. The van der Waals surface area contributed by atoms with Crippen LogP contribution in [0, 0.1) is 0 Å². The quantitative estimate of drug-likeness (QED) is 0.620. The van der Waals surface area contributed by atoms with Crippen LogP contribution in [0.4, 0.5) is 0 Å². The van der Waals surface area contributed by atoms with E-state index in [1.54, 1.807) is 13.2 Å². The van der Waals surface area contributed by atoms with Crippen molar-refractivity contribution in [3.8, 4) is 27.9 Å². The Morgan fingerprint density at radius 2 is 1.93 bits per heavy atom. The Balaban J connectivity index is 1.33. The monoisotopic (exact) mass is 427 g/mol. The Hall–Kier alpha value is -2.75. The molecular formula is C21H25N5O3S. The van der Waals surface area contributed by atoms with Gasteiger partial charge in [0.25, 0.3) is 11.8 Å². The van der Waals surface area contributed by atoms with Crippen LogP contribution in [0.25, 0.3) is 22.2 Å².